The van der Waals surface area contributed by atoms with Crippen molar-refractivity contribution in [1.29, 1.82) is 0 Å². The van der Waals surface area contributed by atoms with E-state index in [-0.39, 0.29) is 5.91 Å². The summed E-state index contributed by atoms with van der Waals surface area (Å²) < 4.78 is 0. The van der Waals surface area contributed by atoms with E-state index in [9.17, 15) is 4.79 Å². The fourth-order valence-corrected chi connectivity index (χ4v) is 2.68. The molecule has 3 rings (SSSR count). The third-order valence-electron chi connectivity index (χ3n) is 4.00. The van der Waals surface area contributed by atoms with Crippen molar-refractivity contribution in [2.45, 2.75) is 0 Å². The lowest BCUT2D eigenvalue weighted by Gasteiger charge is -2.31. The van der Waals surface area contributed by atoms with Gasteiger partial charge >= 0.3 is 0 Å². The number of benzene rings is 2. The molecule has 4 nitrogen and oxygen atoms in total. The Kier molecular flexibility index (Phi) is 4.18. The number of nitrogens with one attached hydrogen (secondary N) is 1. The van der Waals surface area contributed by atoms with Crippen LogP contribution in [0.1, 0.15) is 0 Å². The number of hydrogen-bond acceptors (Lipinski definition) is 3. The summed E-state index contributed by atoms with van der Waals surface area (Å²) in [5.74, 6) is 0.0647. The normalized spacial score (nSPS) is 17.0. The Morgan fingerprint density at radius 2 is 1.76 bits per heavy atom. The monoisotopic (exact) mass is 283 g/mol. The average molecular weight is 283 g/mol. The zero-order valence-electron chi connectivity index (χ0n) is 12.4. The van der Waals surface area contributed by atoms with Crippen molar-refractivity contribution in [3.05, 3.63) is 42.5 Å². The highest BCUT2D eigenvalue weighted by Crippen LogP contribution is 2.18. The first-order chi connectivity index (χ1) is 10.2. The van der Waals surface area contributed by atoms with Crippen LogP contribution in [0.25, 0.3) is 10.8 Å². The first-order valence-corrected chi connectivity index (χ1v) is 7.40. The lowest BCUT2D eigenvalue weighted by atomic mass is 10.1. The molecular weight excluding hydrogens is 262 g/mol. The number of hydrogen-bond donors (Lipinski definition) is 1. The van der Waals surface area contributed by atoms with Crippen molar-refractivity contribution in [3.63, 3.8) is 0 Å². The maximum Gasteiger partial charge on any atom is 0.238 e. The number of nitrogens with zero attached hydrogens (tertiary/aromatic N) is 2. The second kappa shape index (κ2) is 6.24. The molecule has 1 aliphatic rings. The van der Waals surface area contributed by atoms with Crippen LogP contribution in [-0.2, 0) is 4.79 Å². The first kappa shape index (κ1) is 14.0. The minimum absolute atomic E-state index is 0.0647. The van der Waals surface area contributed by atoms with Crippen molar-refractivity contribution in [1.82, 2.24) is 9.80 Å². The molecule has 21 heavy (non-hydrogen) atoms. The molecule has 0 spiro atoms. The zero-order valence-corrected chi connectivity index (χ0v) is 12.4. The number of fused-ring (bicyclic) bond motifs is 1. The van der Waals surface area contributed by atoms with Crippen LogP contribution < -0.4 is 5.32 Å². The van der Waals surface area contributed by atoms with Gasteiger partial charge in [-0.2, -0.15) is 0 Å². The molecule has 1 amide bonds. The van der Waals surface area contributed by atoms with Crippen molar-refractivity contribution in [3.8, 4) is 0 Å². The number of rotatable bonds is 3. The molecule has 1 fully saturated rings. The molecule has 4 heteroatoms. The molecule has 1 heterocycles. The molecule has 1 N–H and O–H groups in total. The highest BCUT2D eigenvalue weighted by molar-refractivity contribution is 5.95. The largest absolute Gasteiger partial charge is 0.325 e. The highest BCUT2D eigenvalue weighted by atomic mass is 16.2. The Morgan fingerprint density at radius 3 is 2.52 bits per heavy atom. The summed E-state index contributed by atoms with van der Waals surface area (Å²) in [6.45, 7) is 4.45. The molecule has 1 saturated heterocycles. The van der Waals surface area contributed by atoms with Crippen LogP contribution in [0.3, 0.4) is 0 Å². The Bertz CT molecular complexity index is 633. The van der Waals surface area contributed by atoms with Crippen LogP contribution in [0, 0.1) is 0 Å². The van der Waals surface area contributed by atoms with E-state index < -0.39 is 0 Å². The molecule has 0 aromatic heterocycles. The van der Waals surface area contributed by atoms with Gasteiger partial charge in [0.2, 0.25) is 5.91 Å². The van der Waals surface area contributed by atoms with Crippen LogP contribution in [-0.4, -0.2) is 55.5 Å². The molecule has 0 aliphatic carbocycles. The van der Waals surface area contributed by atoms with Gasteiger partial charge in [0.05, 0.1) is 6.54 Å². The minimum Gasteiger partial charge on any atom is -0.325 e. The van der Waals surface area contributed by atoms with Gasteiger partial charge in [-0.1, -0.05) is 30.3 Å². The molecule has 0 unspecified atom stereocenters. The third kappa shape index (κ3) is 3.60. The summed E-state index contributed by atoms with van der Waals surface area (Å²) in [5.41, 5.74) is 0.868. The molecule has 0 radical (unpaired) electrons. The van der Waals surface area contributed by atoms with Gasteiger partial charge in [-0.05, 0) is 30.0 Å². The molecule has 0 bridgehead atoms. The van der Waals surface area contributed by atoms with Crippen LogP contribution in [0.15, 0.2) is 42.5 Å². The summed E-state index contributed by atoms with van der Waals surface area (Å²) in [5, 5.41) is 5.34. The number of amides is 1. The molecular formula is C17H21N3O. The second-order valence-electron chi connectivity index (χ2n) is 5.69. The third-order valence-corrected chi connectivity index (χ3v) is 4.00. The lowest BCUT2D eigenvalue weighted by Crippen LogP contribution is -2.47. The summed E-state index contributed by atoms with van der Waals surface area (Å²) in [6, 6.07) is 14.2. The maximum absolute atomic E-state index is 12.1. The lowest BCUT2D eigenvalue weighted by molar-refractivity contribution is -0.117. The van der Waals surface area contributed by atoms with Crippen molar-refractivity contribution in [2.24, 2.45) is 0 Å². The van der Waals surface area contributed by atoms with Gasteiger partial charge in [0.25, 0.3) is 0 Å². The van der Waals surface area contributed by atoms with E-state index in [1.54, 1.807) is 0 Å². The molecule has 0 atom stereocenters. The van der Waals surface area contributed by atoms with E-state index in [0.29, 0.717) is 6.54 Å². The van der Waals surface area contributed by atoms with Gasteiger partial charge in [-0.3, -0.25) is 9.69 Å². The maximum atomic E-state index is 12.1. The van der Waals surface area contributed by atoms with Gasteiger partial charge < -0.3 is 10.2 Å². The minimum atomic E-state index is 0.0647. The zero-order chi connectivity index (χ0) is 14.7. The Labute approximate surface area is 125 Å². The topological polar surface area (TPSA) is 35.6 Å². The van der Waals surface area contributed by atoms with Crippen LogP contribution in [0.5, 0.6) is 0 Å². The predicted octanol–water partition coefficient (Wildman–Crippen LogP) is 2.03. The number of carbonyl (C=O) groups is 1. The summed E-state index contributed by atoms with van der Waals surface area (Å²) in [7, 11) is 2.12. The van der Waals surface area contributed by atoms with Crippen molar-refractivity contribution < 1.29 is 4.79 Å². The Morgan fingerprint density at radius 1 is 1.05 bits per heavy atom. The van der Waals surface area contributed by atoms with Gasteiger partial charge in [0, 0.05) is 31.9 Å². The van der Waals surface area contributed by atoms with E-state index in [1.807, 2.05) is 30.3 Å². The van der Waals surface area contributed by atoms with Gasteiger partial charge in [0.15, 0.2) is 0 Å². The van der Waals surface area contributed by atoms with Gasteiger partial charge in [-0.25, -0.2) is 0 Å². The van der Waals surface area contributed by atoms with Gasteiger partial charge in [0.1, 0.15) is 0 Å². The van der Waals surface area contributed by atoms with E-state index in [1.165, 1.54) is 5.39 Å². The quantitative estimate of drug-likeness (QED) is 0.936. The smallest absolute Gasteiger partial charge is 0.238 e. The molecule has 2 aromatic rings. The first-order valence-electron chi connectivity index (χ1n) is 7.40. The van der Waals surface area contributed by atoms with Gasteiger partial charge in [-0.15, -0.1) is 0 Å². The fraction of sp³-hybridized carbons (Fsp3) is 0.353. The summed E-state index contributed by atoms with van der Waals surface area (Å²) >= 11 is 0. The molecule has 1 aliphatic heterocycles. The van der Waals surface area contributed by atoms with Crippen molar-refractivity contribution >= 4 is 22.4 Å². The predicted molar refractivity (Wildman–Crippen MR) is 86.5 cm³/mol. The van der Waals surface area contributed by atoms with E-state index in [4.69, 9.17) is 0 Å². The summed E-state index contributed by atoms with van der Waals surface area (Å²) in [6.07, 6.45) is 0. The van der Waals surface area contributed by atoms with E-state index in [2.05, 4.69) is 34.3 Å². The Hall–Kier alpha value is -1.91. The number of piperazine rings is 1. The SMILES string of the molecule is CN1CCN(CC(=O)Nc2ccc3ccccc3c2)CC1. The van der Waals surface area contributed by atoms with E-state index >= 15 is 0 Å². The fourth-order valence-electron chi connectivity index (χ4n) is 2.68. The second-order valence-corrected chi connectivity index (χ2v) is 5.69. The van der Waals surface area contributed by atoms with Crippen LogP contribution in [0.4, 0.5) is 5.69 Å². The number of likely N-dealkylation sites (N-methyl/N-ethyl adjacent to an activating group) is 1. The molecule has 0 saturated carbocycles. The summed E-state index contributed by atoms with van der Waals surface area (Å²) in [4.78, 5) is 16.6. The standard InChI is InChI=1S/C17H21N3O/c1-19-8-10-20(11-9-19)13-17(21)18-16-7-6-14-4-2-3-5-15(14)12-16/h2-7,12H,8-11,13H2,1H3,(H,18,21). The number of anilines is 1. The molecule has 2 aromatic carbocycles. The van der Waals surface area contributed by atoms with Crippen molar-refractivity contribution in [2.75, 3.05) is 45.1 Å². The highest BCUT2D eigenvalue weighted by Gasteiger charge is 2.16. The molecule has 110 valence electrons. The average Bonchev–Trinajstić information content (AvgIpc) is 2.49. The Balaban J connectivity index is 1.60. The van der Waals surface area contributed by atoms with Crippen LogP contribution in [0.2, 0.25) is 0 Å². The van der Waals surface area contributed by atoms with E-state index in [0.717, 1.165) is 37.3 Å². The number of carbonyl (C=O) groups excluding carboxylic acids is 1. The van der Waals surface area contributed by atoms with Crippen LogP contribution >= 0.6 is 0 Å².